The zero-order chi connectivity index (χ0) is 14.1. The number of carboxylic acid groups (broad SMARTS) is 1. The molecule has 0 aliphatic carbocycles. The van der Waals surface area contributed by atoms with Crippen molar-refractivity contribution in [3.63, 3.8) is 0 Å². The van der Waals surface area contributed by atoms with Crippen LogP contribution in [0, 0.1) is 0 Å². The van der Waals surface area contributed by atoms with E-state index in [0.717, 1.165) is 38.0 Å². The van der Waals surface area contributed by atoms with E-state index in [1.165, 1.54) is 7.11 Å². The first-order valence-electron chi connectivity index (χ1n) is 6.93. The zero-order valence-electron chi connectivity index (χ0n) is 11.5. The van der Waals surface area contributed by atoms with Crippen molar-refractivity contribution < 1.29 is 19.4 Å². The van der Waals surface area contributed by atoms with Gasteiger partial charge in [0.1, 0.15) is 11.3 Å². The number of rotatable bonds is 4. The molecule has 2 aliphatic heterocycles. The molecule has 0 spiro atoms. The Morgan fingerprint density at radius 2 is 2.10 bits per heavy atom. The summed E-state index contributed by atoms with van der Waals surface area (Å²) in [7, 11) is 1.50. The SMILES string of the molecule is COc1cc(CN2CC3CCC(C2)O3)ccc1C(=O)O. The molecule has 1 aromatic rings. The van der Waals surface area contributed by atoms with Crippen LogP contribution in [0.5, 0.6) is 5.75 Å². The second-order valence-electron chi connectivity index (χ2n) is 5.49. The van der Waals surface area contributed by atoms with Crippen LogP contribution in [-0.4, -0.2) is 48.4 Å². The van der Waals surface area contributed by atoms with Crippen molar-refractivity contribution in [3.05, 3.63) is 29.3 Å². The average molecular weight is 277 g/mol. The highest BCUT2D eigenvalue weighted by molar-refractivity contribution is 5.90. The maximum Gasteiger partial charge on any atom is 0.339 e. The van der Waals surface area contributed by atoms with Gasteiger partial charge in [-0.2, -0.15) is 0 Å². The smallest absolute Gasteiger partial charge is 0.339 e. The Hall–Kier alpha value is -1.59. The van der Waals surface area contributed by atoms with Crippen molar-refractivity contribution in [2.24, 2.45) is 0 Å². The van der Waals surface area contributed by atoms with Crippen molar-refractivity contribution in [3.8, 4) is 5.75 Å². The lowest BCUT2D eigenvalue weighted by Gasteiger charge is -2.32. The van der Waals surface area contributed by atoms with Crippen LogP contribution < -0.4 is 4.74 Å². The quantitative estimate of drug-likeness (QED) is 0.908. The van der Waals surface area contributed by atoms with Crippen molar-refractivity contribution in [1.82, 2.24) is 4.90 Å². The van der Waals surface area contributed by atoms with Gasteiger partial charge in [0.2, 0.25) is 0 Å². The summed E-state index contributed by atoms with van der Waals surface area (Å²) >= 11 is 0. The van der Waals surface area contributed by atoms with E-state index in [1.807, 2.05) is 12.1 Å². The van der Waals surface area contributed by atoms with Crippen LogP contribution in [-0.2, 0) is 11.3 Å². The standard InChI is InChI=1S/C15H19NO4/c1-19-14-6-10(2-5-13(14)15(17)18)7-16-8-11-3-4-12(9-16)20-11/h2,5-6,11-12H,3-4,7-9H2,1H3,(H,17,18). The molecule has 2 unspecified atom stereocenters. The number of benzene rings is 1. The second-order valence-corrected chi connectivity index (χ2v) is 5.49. The largest absolute Gasteiger partial charge is 0.496 e. The minimum Gasteiger partial charge on any atom is -0.496 e. The van der Waals surface area contributed by atoms with Gasteiger partial charge >= 0.3 is 5.97 Å². The summed E-state index contributed by atoms with van der Waals surface area (Å²) in [5, 5.41) is 9.08. The Morgan fingerprint density at radius 1 is 1.40 bits per heavy atom. The zero-order valence-corrected chi connectivity index (χ0v) is 11.5. The fourth-order valence-corrected chi connectivity index (χ4v) is 3.10. The summed E-state index contributed by atoms with van der Waals surface area (Å²) < 4.78 is 11.0. The highest BCUT2D eigenvalue weighted by Crippen LogP contribution is 2.28. The lowest BCUT2D eigenvalue weighted by atomic mass is 10.1. The number of fused-ring (bicyclic) bond motifs is 2. The number of aromatic carboxylic acids is 1. The molecular weight excluding hydrogens is 258 g/mol. The van der Waals surface area contributed by atoms with Crippen LogP contribution >= 0.6 is 0 Å². The molecule has 1 aromatic carbocycles. The topological polar surface area (TPSA) is 59.0 Å². The van der Waals surface area contributed by atoms with Crippen molar-refractivity contribution in [2.45, 2.75) is 31.6 Å². The van der Waals surface area contributed by atoms with E-state index in [-0.39, 0.29) is 5.56 Å². The summed E-state index contributed by atoms with van der Waals surface area (Å²) in [6, 6.07) is 5.30. The second kappa shape index (κ2) is 5.42. The molecule has 2 aliphatic rings. The molecule has 3 rings (SSSR count). The van der Waals surface area contributed by atoms with Gasteiger partial charge in [-0.1, -0.05) is 6.07 Å². The van der Waals surface area contributed by atoms with Crippen LogP contribution in [0.4, 0.5) is 0 Å². The summed E-state index contributed by atoms with van der Waals surface area (Å²) in [6.07, 6.45) is 3.05. The predicted molar refractivity (Wildman–Crippen MR) is 73.1 cm³/mol. The minimum atomic E-state index is -0.960. The summed E-state index contributed by atoms with van der Waals surface area (Å²) in [4.78, 5) is 13.4. The van der Waals surface area contributed by atoms with Crippen LogP contribution in [0.2, 0.25) is 0 Å². The van der Waals surface area contributed by atoms with Crippen molar-refractivity contribution >= 4 is 5.97 Å². The molecule has 2 saturated heterocycles. The highest BCUT2D eigenvalue weighted by atomic mass is 16.5. The molecule has 5 nitrogen and oxygen atoms in total. The minimum absolute atomic E-state index is 0.207. The summed E-state index contributed by atoms with van der Waals surface area (Å²) in [5.41, 5.74) is 1.28. The maximum absolute atomic E-state index is 11.1. The molecular formula is C15H19NO4. The molecule has 2 fully saturated rings. The summed E-state index contributed by atoms with van der Waals surface area (Å²) in [6.45, 7) is 2.73. The molecule has 1 N–H and O–H groups in total. The van der Waals surface area contributed by atoms with E-state index in [1.54, 1.807) is 6.07 Å². The van der Waals surface area contributed by atoms with Crippen LogP contribution in [0.25, 0.3) is 0 Å². The first-order valence-corrected chi connectivity index (χ1v) is 6.93. The normalized spacial score (nSPS) is 25.6. The van der Waals surface area contributed by atoms with Gasteiger partial charge in [0.25, 0.3) is 0 Å². The van der Waals surface area contributed by atoms with E-state index >= 15 is 0 Å². The van der Waals surface area contributed by atoms with Gasteiger partial charge in [-0.3, -0.25) is 4.90 Å². The number of nitrogens with zero attached hydrogens (tertiary/aromatic N) is 1. The third kappa shape index (κ3) is 2.64. The fraction of sp³-hybridized carbons (Fsp3) is 0.533. The summed E-state index contributed by atoms with van der Waals surface area (Å²) in [5.74, 6) is -0.538. The van der Waals surface area contributed by atoms with Gasteiger partial charge in [-0.05, 0) is 30.5 Å². The van der Waals surface area contributed by atoms with Crippen molar-refractivity contribution in [1.29, 1.82) is 0 Å². The Labute approximate surface area is 118 Å². The highest BCUT2D eigenvalue weighted by Gasteiger charge is 2.33. The molecule has 2 bridgehead atoms. The molecule has 0 saturated carbocycles. The molecule has 0 radical (unpaired) electrons. The number of carbonyl (C=O) groups is 1. The number of methoxy groups -OCH3 is 1. The first-order chi connectivity index (χ1) is 9.65. The molecule has 5 heteroatoms. The van der Waals surface area contributed by atoms with Gasteiger partial charge in [-0.25, -0.2) is 4.79 Å². The van der Waals surface area contributed by atoms with E-state index in [9.17, 15) is 4.79 Å². The molecule has 2 atom stereocenters. The predicted octanol–water partition coefficient (Wildman–Crippen LogP) is 1.76. The molecule has 20 heavy (non-hydrogen) atoms. The van der Waals surface area contributed by atoms with Crippen LogP contribution in [0.15, 0.2) is 18.2 Å². The molecule has 2 heterocycles. The number of morpholine rings is 1. The van der Waals surface area contributed by atoms with E-state index < -0.39 is 5.97 Å². The van der Waals surface area contributed by atoms with Gasteiger partial charge in [-0.15, -0.1) is 0 Å². The maximum atomic E-state index is 11.1. The molecule has 0 aromatic heterocycles. The molecule has 0 amide bonds. The number of carboxylic acids is 1. The Balaban J connectivity index is 1.73. The van der Waals surface area contributed by atoms with Gasteiger partial charge < -0.3 is 14.6 Å². The number of likely N-dealkylation sites (tertiary alicyclic amines) is 1. The van der Waals surface area contributed by atoms with E-state index in [4.69, 9.17) is 14.6 Å². The van der Waals surface area contributed by atoms with E-state index in [2.05, 4.69) is 4.90 Å². The third-order valence-corrected chi connectivity index (χ3v) is 4.02. The number of hydrogen-bond acceptors (Lipinski definition) is 4. The Kier molecular flexibility index (Phi) is 3.63. The number of ether oxygens (including phenoxy) is 2. The van der Waals surface area contributed by atoms with Crippen molar-refractivity contribution in [2.75, 3.05) is 20.2 Å². The Morgan fingerprint density at radius 3 is 2.70 bits per heavy atom. The fourth-order valence-electron chi connectivity index (χ4n) is 3.10. The van der Waals surface area contributed by atoms with Crippen LogP contribution in [0.3, 0.4) is 0 Å². The monoisotopic (exact) mass is 277 g/mol. The van der Waals surface area contributed by atoms with Gasteiger partial charge in [0.05, 0.1) is 19.3 Å². The molecule has 108 valence electrons. The van der Waals surface area contributed by atoms with E-state index in [0.29, 0.717) is 18.0 Å². The third-order valence-electron chi connectivity index (χ3n) is 4.02. The van der Waals surface area contributed by atoms with Gasteiger partial charge in [0, 0.05) is 19.6 Å². The number of hydrogen-bond donors (Lipinski definition) is 1. The van der Waals surface area contributed by atoms with Gasteiger partial charge in [0.15, 0.2) is 0 Å². The van der Waals surface area contributed by atoms with Crippen LogP contribution in [0.1, 0.15) is 28.8 Å². The Bertz CT molecular complexity index is 505. The first kappa shape index (κ1) is 13.4. The average Bonchev–Trinajstić information content (AvgIpc) is 2.77. The lowest BCUT2D eigenvalue weighted by Crippen LogP contribution is -2.41. The lowest BCUT2D eigenvalue weighted by molar-refractivity contribution is -0.0410.